The summed E-state index contributed by atoms with van der Waals surface area (Å²) in [4.78, 5) is 2.84. The first kappa shape index (κ1) is 15.7. The molecule has 0 aromatic heterocycles. The zero-order chi connectivity index (χ0) is 14.5. The molecule has 1 saturated heterocycles. The molecule has 1 aromatic rings. The van der Waals surface area contributed by atoms with Gasteiger partial charge in [-0.15, -0.1) is 0 Å². The SMILES string of the molecule is CN1CCC(CCNc2ccc(Br)cc2C(N)=S)CC1. The van der Waals surface area contributed by atoms with E-state index in [0.29, 0.717) is 4.99 Å². The molecular formula is C15H22BrN3S. The van der Waals surface area contributed by atoms with Crippen LogP contribution >= 0.6 is 28.1 Å². The molecule has 1 heterocycles. The summed E-state index contributed by atoms with van der Waals surface area (Å²) >= 11 is 8.56. The number of anilines is 1. The Morgan fingerprint density at radius 3 is 2.80 bits per heavy atom. The molecular weight excluding hydrogens is 334 g/mol. The lowest BCUT2D eigenvalue weighted by Gasteiger charge is -2.29. The summed E-state index contributed by atoms with van der Waals surface area (Å²) in [5, 5.41) is 3.48. The van der Waals surface area contributed by atoms with Gasteiger partial charge in [0.2, 0.25) is 0 Å². The van der Waals surface area contributed by atoms with Crippen molar-refractivity contribution in [1.29, 1.82) is 0 Å². The van der Waals surface area contributed by atoms with Gasteiger partial charge in [0.25, 0.3) is 0 Å². The number of hydrogen-bond donors (Lipinski definition) is 2. The van der Waals surface area contributed by atoms with Crippen molar-refractivity contribution in [3.8, 4) is 0 Å². The van der Waals surface area contributed by atoms with Gasteiger partial charge >= 0.3 is 0 Å². The molecule has 0 saturated carbocycles. The molecule has 3 nitrogen and oxygen atoms in total. The van der Waals surface area contributed by atoms with Gasteiger partial charge in [-0.25, -0.2) is 0 Å². The minimum Gasteiger partial charge on any atom is -0.389 e. The van der Waals surface area contributed by atoms with Crippen LogP contribution in [-0.2, 0) is 0 Å². The van der Waals surface area contributed by atoms with Crippen LogP contribution in [-0.4, -0.2) is 36.6 Å². The first-order chi connectivity index (χ1) is 9.56. The molecule has 110 valence electrons. The monoisotopic (exact) mass is 355 g/mol. The smallest absolute Gasteiger partial charge is 0.106 e. The Hall–Kier alpha value is -0.650. The van der Waals surface area contributed by atoms with E-state index in [0.717, 1.165) is 28.2 Å². The molecule has 20 heavy (non-hydrogen) atoms. The Labute approximate surface area is 135 Å². The Bertz CT molecular complexity index is 470. The van der Waals surface area contributed by atoms with Gasteiger partial charge in [0, 0.05) is 22.3 Å². The fourth-order valence-corrected chi connectivity index (χ4v) is 3.17. The normalized spacial score (nSPS) is 17.1. The molecule has 0 amide bonds. The van der Waals surface area contributed by atoms with Crippen LogP contribution in [0.4, 0.5) is 5.69 Å². The molecule has 0 atom stereocenters. The van der Waals surface area contributed by atoms with Gasteiger partial charge < -0.3 is 16.0 Å². The fourth-order valence-electron chi connectivity index (χ4n) is 2.64. The average molecular weight is 356 g/mol. The summed E-state index contributed by atoms with van der Waals surface area (Å²) < 4.78 is 1.00. The highest BCUT2D eigenvalue weighted by Gasteiger charge is 2.16. The number of thiocarbonyl (C=S) groups is 1. The summed E-state index contributed by atoms with van der Waals surface area (Å²) in [6.07, 6.45) is 3.82. The molecule has 0 aliphatic carbocycles. The van der Waals surface area contributed by atoms with Crippen LogP contribution in [0.2, 0.25) is 0 Å². The Morgan fingerprint density at radius 2 is 2.15 bits per heavy atom. The lowest BCUT2D eigenvalue weighted by molar-refractivity contribution is 0.215. The van der Waals surface area contributed by atoms with Crippen LogP contribution < -0.4 is 11.1 Å². The summed E-state index contributed by atoms with van der Waals surface area (Å²) in [5.74, 6) is 0.836. The summed E-state index contributed by atoms with van der Waals surface area (Å²) in [6, 6.07) is 6.02. The van der Waals surface area contributed by atoms with Crippen LogP contribution in [0.1, 0.15) is 24.8 Å². The molecule has 1 aliphatic heterocycles. The number of hydrogen-bond acceptors (Lipinski definition) is 3. The maximum absolute atomic E-state index is 5.78. The first-order valence-corrected chi connectivity index (χ1v) is 8.28. The second-order valence-electron chi connectivity index (χ2n) is 5.52. The third-order valence-corrected chi connectivity index (χ3v) is 4.67. The van der Waals surface area contributed by atoms with E-state index in [9.17, 15) is 0 Å². The first-order valence-electron chi connectivity index (χ1n) is 7.08. The predicted octanol–water partition coefficient (Wildman–Crippen LogP) is 3.23. The van der Waals surface area contributed by atoms with E-state index in [1.165, 1.54) is 32.4 Å². The van der Waals surface area contributed by atoms with Crippen molar-refractivity contribution in [2.24, 2.45) is 11.7 Å². The number of nitrogens with zero attached hydrogens (tertiary/aromatic N) is 1. The highest BCUT2D eigenvalue weighted by molar-refractivity contribution is 9.10. The van der Waals surface area contributed by atoms with Gasteiger partial charge in [0.15, 0.2) is 0 Å². The van der Waals surface area contributed by atoms with E-state index in [-0.39, 0.29) is 0 Å². The van der Waals surface area contributed by atoms with Crippen molar-refractivity contribution in [3.05, 3.63) is 28.2 Å². The zero-order valence-electron chi connectivity index (χ0n) is 11.9. The van der Waals surface area contributed by atoms with Crippen molar-refractivity contribution in [1.82, 2.24) is 4.90 Å². The summed E-state index contributed by atoms with van der Waals surface area (Å²) in [7, 11) is 2.20. The maximum Gasteiger partial charge on any atom is 0.106 e. The quantitative estimate of drug-likeness (QED) is 0.795. The number of benzene rings is 1. The zero-order valence-corrected chi connectivity index (χ0v) is 14.3. The Morgan fingerprint density at radius 1 is 1.45 bits per heavy atom. The van der Waals surface area contributed by atoms with Crippen LogP contribution in [0.5, 0.6) is 0 Å². The van der Waals surface area contributed by atoms with Gasteiger partial charge in [-0.1, -0.05) is 28.1 Å². The van der Waals surface area contributed by atoms with Crippen molar-refractivity contribution < 1.29 is 0 Å². The minimum atomic E-state index is 0.438. The summed E-state index contributed by atoms with van der Waals surface area (Å²) in [6.45, 7) is 3.42. The number of nitrogens with one attached hydrogen (secondary N) is 1. The third-order valence-electron chi connectivity index (χ3n) is 3.95. The van der Waals surface area contributed by atoms with Crippen molar-refractivity contribution in [3.63, 3.8) is 0 Å². The van der Waals surface area contributed by atoms with Crippen LogP contribution in [0.3, 0.4) is 0 Å². The molecule has 1 aromatic carbocycles. The van der Waals surface area contributed by atoms with E-state index < -0.39 is 0 Å². The molecule has 3 N–H and O–H groups in total. The molecule has 0 bridgehead atoms. The lowest BCUT2D eigenvalue weighted by Crippen LogP contribution is -2.30. The summed E-state index contributed by atoms with van der Waals surface area (Å²) in [5.41, 5.74) is 7.73. The highest BCUT2D eigenvalue weighted by Crippen LogP contribution is 2.23. The van der Waals surface area contributed by atoms with Crippen LogP contribution in [0, 0.1) is 5.92 Å². The van der Waals surface area contributed by atoms with Crippen molar-refractivity contribution in [2.45, 2.75) is 19.3 Å². The van der Waals surface area contributed by atoms with Crippen LogP contribution in [0.15, 0.2) is 22.7 Å². The number of nitrogens with two attached hydrogens (primary N) is 1. The van der Waals surface area contributed by atoms with E-state index in [2.05, 4.69) is 33.2 Å². The van der Waals surface area contributed by atoms with Gasteiger partial charge in [0.1, 0.15) is 4.99 Å². The number of rotatable bonds is 5. The number of piperidine rings is 1. The molecule has 5 heteroatoms. The minimum absolute atomic E-state index is 0.438. The maximum atomic E-state index is 5.78. The highest BCUT2D eigenvalue weighted by atomic mass is 79.9. The van der Waals surface area contributed by atoms with E-state index in [4.69, 9.17) is 18.0 Å². The second-order valence-corrected chi connectivity index (χ2v) is 6.87. The number of halogens is 1. The van der Waals surface area contributed by atoms with Crippen molar-refractivity contribution in [2.75, 3.05) is 32.0 Å². The standard InChI is InChI=1S/C15H22BrN3S/c1-19-8-5-11(6-9-19)4-7-18-14-3-2-12(16)10-13(14)15(17)20/h2-3,10-11,18H,4-9H2,1H3,(H2,17,20). The van der Waals surface area contributed by atoms with Gasteiger partial charge in [-0.05, 0) is 63.5 Å². The van der Waals surface area contributed by atoms with Crippen LogP contribution in [0.25, 0.3) is 0 Å². The van der Waals surface area contributed by atoms with Crippen molar-refractivity contribution >= 4 is 38.8 Å². The molecule has 2 rings (SSSR count). The molecule has 1 aliphatic rings. The molecule has 0 unspecified atom stereocenters. The van der Waals surface area contributed by atoms with Gasteiger partial charge in [-0.3, -0.25) is 0 Å². The van der Waals surface area contributed by atoms with E-state index in [1.807, 2.05) is 18.2 Å². The van der Waals surface area contributed by atoms with Gasteiger partial charge in [0.05, 0.1) is 0 Å². The lowest BCUT2D eigenvalue weighted by atomic mass is 9.94. The third kappa shape index (κ3) is 4.43. The fraction of sp³-hybridized carbons (Fsp3) is 0.533. The predicted molar refractivity (Wildman–Crippen MR) is 93.4 cm³/mol. The van der Waals surface area contributed by atoms with Gasteiger partial charge in [-0.2, -0.15) is 0 Å². The number of likely N-dealkylation sites (tertiary alicyclic amines) is 1. The van der Waals surface area contributed by atoms with E-state index in [1.54, 1.807) is 0 Å². The average Bonchev–Trinajstić information content (AvgIpc) is 2.42. The molecule has 0 radical (unpaired) electrons. The topological polar surface area (TPSA) is 41.3 Å². The Kier molecular flexibility index (Phi) is 5.81. The Balaban J connectivity index is 1.86. The second kappa shape index (κ2) is 7.38. The largest absolute Gasteiger partial charge is 0.389 e. The van der Waals surface area contributed by atoms with E-state index >= 15 is 0 Å². The molecule has 1 fully saturated rings. The molecule has 0 spiro atoms.